The van der Waals surface area contributed by atoms with Crippen LogP contribution in [-0.4, -0.2) is 12.5 Å². The number of rotatable bonds is 8. The van der Waals surface area contributed by atoms with E-state index in [1.807, 2.05) is 17.5 Å². The van der Waals surface area contributed by atoms with Crippen LogP contribution in [-0.2, 0) is 0 Å². The minimum atomic E-state index is 0.0715. The average molecular weight is 253 g/mol. The van der Waals surface area contributed by atoms with Gasteiger partial charge in [0.15, 0.2) is 0 Å². The smallest absolute Gasteiger partial charge is 0.261 e. The Balaban J connectivity index is 1.96. The molecular formula is C14H23NOS. The van der Waals surface area contributed by atoms with E-state index in [0.29, 0.717) is 0 Å². The molecule has 3 heteroatoms. The largest absolute Gasteiger partial charge is 0.351 e. The van der Waals surface area contributed by atoms with Crippen LogP contribution in [0.3, 0.4) is 0 Å². The molecule has 0 bridgehead atoms. The lowest BCUT2D eigenvalue weighted by Crippen LogP contribution is -2.23. The molecular weight excluding hydrogens is 230 g/mol. The molecule has 1 rings (SSSR count). The highest BCUT2D eigenvalue weighted by molar-refractivity contribution is 7.12. The van der Waals surface area contributed by atoms with Crippen LogP contribution >= 0.6 is 11.3 Å². The van der Waals surface area contributed by atoms with Crippen molar-refractivity contribution in [3.05, 3.63) is 22.4 Å². The van der Waals surface area contributed by atoms with Gasteiger partial charge in [0.2, 0.25) is 0 Å². The number of thiophene rings is 1. The van der Waals surface area contributed by atoms with Gasteiger partial charge in [-0.25, -0.2) is 0 Å². The molecule has 1 aromatic rings. The predicted molar refractivity (Wildman–Crippen MR) is 74.6 cm³/mol. The standard InChI is InChI=1S/C14H23NOS/c1-12(2)8-5-3-4-6-10-15-14(16)13-9-7-11-17-13/h7,9,11-12H,3-6,8,10H2,1-2H3,(H,15,16). The monoisotopic (exact) mass is 253 g/mol. The van der Waals surface area contributed by atoms with Gasteiger partial charge in [0.1, 0.15) is 0 Å². The van der Waals surface area contributed by atoms with Gasteiger partial charge in [-0.1, -0.05) is 45.6 Å². The molecule has 0 atom stereocenters. The first-order valence-electron chi connectivity index (χ1n) is 6.52. The summed E-state index contributed by atoms with van der Waals surface area (Å²) in [4.78, 5) is 12.4. The summed E-state index contributed by atoms with van der Waals surface area (Å²) in [6.45, 7) is 5.33. The minimum absolute atomic E-state index is 0.0715. The average Bonchev–Trinajstić information content (AvgIpc) is 2.80. The van der Waals surface area contributed by atoms with Gasteiger partial charge in [-0.05, 0) is 23.8 Å². The lowest BCUT2D eigenvalue weighted by Gasteiger charge is -2.05. The predicted octanol–water partition coefficient (Wildman–Crippen LogP) is 4.08. The third-order valence-electron chi connectivity index (χ3n) is 2.74. The Bertz CT molecular complexity index is 306. The molecule has 0 saturated carbocycles. The summed E-state index contributed by atoms with van der Waals surface area (Å²) in [6, 6.07) is 3.77. The Morgan fingerprint density at radius 1 is 1.29 bits per heavy atom. The van der Waals surface area contributed by atoms with Crippen molar-refractivity contribution in [3.63, 3.8) is 0 Å². The lowest BCUT2D eigenvalue weighted by molar-refractivity contribution is 0.0957. The maximum Gasteiger partial charge on any atom is 0.261 e. The van der Waals surface area contributed by atoms with E-state index in [9.17, 15) is 4.79 Å². The zero-order chi connectivity index (χ0) is 12.5. The Morgan fingerprint density at radius 2 is 2.06 bits per heavy atom. The van der Waals surface area contributed by atoms with Crippen LogP contribution in [0.25, 0.3) is 0 Å². The second-order valence-corrected chi connectivity index (χ2v) is 5.78. The Hall–Kier alpha value is -0.830. The molecule has 0 spiro atoms. The van der Waals surface area contributed by atoms with Crippen LogP contribution in [0.2, 0.25) is 0 Å². The van der Waals surface area contributed by atoms with Gasteiger partial charge in [-0.2, -0.15) is 0 Å². The van der Waals surface area contributed by atoms with Crippen LogP contribution < -0.4 is 5.32 Å². The molecule has 0 unspecified atom stereocenters. The van der Waals surface area contributed by atoms with E-state index in [1.165, 1.54) is 37.0 Å². The quantitative estimate of drug-likeness (QED) is 0.695. The fourth-order valence-corrected chi connectivity index (χ4v) is 2.37. The molecule has 0 fully saturated rings. The highest BCUT2D eigenvalue weighted by Gasteiger charge is 2.04. The van der Waals surface area contributed by atoms with Crippen molar-refractivity contribution in [3.8, 4) is 0 Å². The van der Waals surface area contributed by atoms with Gasteiger partial charge in [-0.15, -0.1) is 11.3 Å². The Kier molecular flexibility index (Phi) is 6.94. The molecule has 0 aliphatic heterocycles. The van der Waals surface area contributed by atoms with E-state index >= 15 is 0 Å². The van der Waals surface area contributed by atoms with Crippen molar-refractivity contribution in [1.29, 1.82) is 0 Å². The van der Waals surface area contributed by atoms with E-state index in [2.05, 4.69) is 19.2 Å². The van der Waals surface area contributed by atoms with Gasteiger partial charge in [0.05, 0.1) is 4.88 Å². The number of carbonyl (C=O) groups excluding carboxylic acids is 1. The molecule has 0 aliphatic rings. The van der Waals surface area contributed by atoms with Crippen LogP contribution in [0.15, 0.2) is 17.5 Å². The molecule has 1 N–H and O–H groups in total. The fourth-order valence-electron chi connectivity index (χ4n) is 1.73. The van der Waals surface area contributed by atoms with Crippen molar-refractivity contribution in [2.45, 2.75) is 46.0 Å². The Morgan fingerprint density at radius 3 is 2.71 bits per heavy atom. The van der Waals surface area contributed by atoms with E-state index in [1.54, 1.807) is 0 Å². The first kappa shape index (κ1) is 14.2. The number of carbonyl (C=O) groups is 1. The summed E-state index contributed by atoms with van der Waals surface area (Å²) >= 11 is 1.49. The molecule has 2 nitrogen and oxygen atoms in total. The highest BCUT2D eigenvalue weighted by atomic mass is 32.1. The number of unbranched alkanes of at least 4 members (excludes halogenated alkanes) is 3. The molecule has 0 saturated heterocycles. The summed E-state index contributed by atoms with van der Waals surface area (Å²) in [5, 5.41) is 4.89. The summed E-state index contributed by atoms with van der Waals surface area (Å²) < 4.78 is 0. The third-order valence-corrected chi connectivity index (χ3v) is 3.61. The minimum Gasteiger partial charge on any atom is -0.351 e. The van der Waals surface area contributed by atoms with Gasteiger partial charge < -0.3 is 5.32 Å². The van der Waals surface area contributed by atoms with Crippen LogP contribution in [0.4, 0.5) is 0 Å². The fraction of sp³-hybridized carbons (Fsp3) is 0.643. The molecule has 17 heavy (non-hydrogen) atoms. The van der Waals surface area contributed by atoms with Crippen LogP contribution in [0.1, 0.15) is 55.6 Å². The zero-order valence-electron chi connectivity index (χ0n) is 10.9. The normalized spacial score (nSPS) is 10.8. The van der Waals surface area contributed by atoms with Crippen LogP contribution in [0, 0.1) is 5.92 Å². The summed E-state index contributed by atoms with van der Waals surface area (Å²) in [7, 11) is 0. The molecule has 0 aromatic carbocycles. The van der Waals surface area contributed by atoms with E-state index < -0.39 is 0 Å². The van der Waals surface area contributed by atoms with Crippen molar-refractivity contribution in [2.75, 3.05) is 6.54 Å². The first-order chi connectivity index (χ1) is 8.20. The molecule has 1 heterocycles. The second kappa shape index (κ2) is 8.29. The summed E-state index contributed by atoms with van der Waals surface area (Å²) in [6.07, 6.45) is 6.23. The molecule has 1 amide bonds. The molecule has 0 radical (unpaired) electrons. The molecule has 1 aromatic heterocycles. The number of amides is 1. The van der Waals surface area contributed by atoms with Crippen LogP contribution in [0.5, 0.6) is 0 Å². The van der Waals surface area contributed by atoms with E-state index in [-0.39, 0.29) is 5.91 Å². The Labute approximate surface area is 108 Å². The van der Waals surface area contributed by atoms with E-state index in [0.717, 1.165) is 23.8 Å². The summed E-state index contributed by atoms with van der Waals surface area (Å²) in [5.41, 5.74) is 0. The second-order valence-electron chi connectivity index (χ2n) is 4.83. The molecule has 0 aliphatic carbocycles. The van der Waals surface area contributed by atoms with Crippen molar-refractivity contribution >= 4 is 17.2 Å². The first-order valence-corrected chi connectivity index (χ1v) is 7.40. The maximum atomic E-state index is 11.6. The highest BCUT2D eigenvalue weighted by Crippen LogP contribution is 2.10. The number of hydrogen-bond donors (Lipinski definition) is 1. The van der Waals surface area contributed by atoms with Crippen molar-refractivity contribution in [1.82, 2.24) is 5.32 Å². The lowest BCUT2D eigenvalue weighted by atomic mass is 10.0. The maximum absolute atomic E-state index is 11.6. The van der Waals surface area contributed by atoms with Crippen molar-refractivity contribution < 1.29 is 4.79 Å². The zero-order valence-corrected chi connectivity index (χ0v) is 11.7. The number of nitrogens with one attached hydrogen (secondary N) is 1. The van der Waals surface area contributed by atoms with Gasteiger partial charge in [0, 0.05) is 6.54 Å². The number of hydrogen-bond acceptors (Lipinski definition) is 2. The van der Waals surface area contributed by atoms with Crippen molar-refractivity contribution in [2.24, 2.45) is 5.92 Å². The van der Waals surface area contributed by atoms with Gasteiger partial charge in [-0.3, -0.25) is 4.79 Å². The third kappa shape index (κ3) is 6.47. The SMILES string of the molecule is CC(C)CCCCCCNC(=O)c1cccs1. The molecule has 96 valence electrons. The topological polar surface area (TPSA) is 29.1 Å². The summed E-state index contributed by atoms with van der Waals surface area (Å²) in [5.74, 6) is 0.885. The van der Waals surface area contributed by atoms with Gasteiger partial charge in [0.25, 0.3) is 5.91 Å². The van der Waals surface area contributed by atoms with E-state index in [4.69, 9.17) is 0 Å². The van der Waals surface area contributed by atoms with Gasteiger partial charge >= 0.3 is 0 Å².